The first-order chi connectivity index (χ1) is 14.8. The van der Waals surface area contributed by atoms with Crippen molar-refractivity contribution in [1.82, 2.24) is 20.3 Å². The molecule has 0 saturated heterocycles. The van der Waals surface area contributed by atoms with Crippen molar-refractivity contribution in [3.63, 3.8) is 0 Å². The number of pyridine rings is 1. The average molecular weight is 422 g/mol. The van der Waals surface area contributed by atoms with Crippen molar-refractivity contribution >= 4 is 11.6 Å². The number of carbonyl (C=O) groups excluding carboxylic acids is 1. The number of hydrogen-bond donors (Lipinski definition) is 3. The number of nitrogens with zero attached hydrogens (tertiary/aromatic N) is 2. The van der Waals surface area contributed by atoms with E-state index < -0.39 is 0 Å². The molecule has 0 atom stereocenters. The fraction of sp³-hybridized carbons (Fsp3) is 0.304. The number of aryl methyl sites for hydroxylation is 2. The van der Waals surface area contributed by atoms with Crippen LogP contribution < -0.4 is 20.9 Å². The van der Waals surface area contributed by atoms with Crippen molar-refractivity contribution in [2.75, 3.05) is 19.0 Å². The molecule has 1 aromatic carbocycles. The van der Waals surface area contributed by atoms with E-state index in [0.717, 1.165) is 28.1 Å². The highest BCUT2D eigenvalue weighted by atomic mass is 16.5. The van der Waals surface area contributed by atoms with Crippen LogP contribution in [0.25, 0.3) is 11.3 Å². The van der Waals surface area contributed by atoms with Gasteiger partial charge in [0, 0.05) is 41.2 Å². The summed E-state index contributed by atoms with van der Waals surface area (Å²) in [6.45, 7) is 8.42. The minimum atomic E-state index is -0.264. The molecule has 0 bridgehead atoms. The van der Waals surface area contributed by atoms with Crippen LogP contribution in [-0.2, 0) is 6.54 Å². The lowest BCUT2D eigenvalue weighted by atomic mass is 10.00. The van der Waals surface area contributed by atoms with Crippen molar-refractivity contribution in [1.29, 1.82) is 0 Å². The van der Waals surface area contributed by atoms with Crippen LogP contribution in [0.3, 0.4) is 0 Å². The number of nitrogens with one attached hydrogen (secondary N) is 3. The molecule has 0 aliphatic rings. The number of amides is 1. The summed E-state index contributed by atoms with van der Waals surface area (Å²) in [7, 11) is 1.53. The average Bonchev–Trinajstić information content (AvgIpc) is 2.74. The van der Waals surface area contributed by atoms with E-state index in [0.29, 0.717) is 29.2 Å². The SMILES string of the molecule is CCNc1cc(-c2cnc(OC)cn2)cc(C(=O)NCc2c(C)cc(C)[nH]c2=O)c1C. The Bertz CT molecular complexity index is 1150. The van der Waals surface area contributed by atoms with Crippen LogP contribution >= 0.6 is 0 Å². The molecule has 2 heterocycles. The third-order valence-corrected chi connectivity index (χ3v) is 5.07. The maximum atomic E-state index is 13.1. The molecule has 3 aromatic rings. The highest BCUT2D eigenvalue weighted by molar-refractivity contribution is 5.98. The van der Waals surface area contributed by atoms with Gasteiger partial charge in [-0.05, 0) is 57.0 Å². The van der Waals surface area contributed by atoms with Crippen LogP contribution in [0, 0.1) is 20.8 Å². The van der Waals surface area contributed by atoms with E-state index in [4.69, 9.17) is 4.74 Å². The van der Waals surface area contributed by atoms with Gasteiger partial charge < -0.3 is 20.4 Å². The third-order valence-electron chi connectivity index (χ3n) is 5.07. The summed E-state index contributed by atoms with van der Waals surface area (Å²) in [5, 5.41) is 6.17. The van der Waals surface area contributed by atoms with Crippen molar-refractivity contribution in [2.24, 2.45) is 0 Å². The number of carbonyl (C=O) groups is 1. The number of hydrogen-bond acceptors (Lipinski definition) is 6. The Balaban J connectivity index is 1.94. The summed E-state index contributed by atoms with van der Waals surface area (Å²) in [4.78, 5) is 36.7. The third kappa shape index (κ3) is 4.91. The highest BCUT2D eigenvalue weighted by Gasteiger charge is 2.16. The van der Waals surface area contributed by atoms with Gasteiger partial charge in [-0.15, -0.1) is 0 Å². The first kappa shape index (κ1) is 22.0. The molecule has 0 saturated carbocycles. The lowest BCUT2D eigenvalue weighted by Gasteiger charge is -2.15. The summed E-state index contributed by atoms with van der Waals surface area (Å²) < 4.78 is 5.07. The zero-order chi connectivity index (χ0) is 22.5. The maximum Gasteiger partial charge on any atom is 0.253 e. The van der Waals surface area contributed by atoms with E-state index in [1.807, 2.05) is 39.8 Å². The Hall–Kier alpha value is -3.68. The Morgan fingerprint density at radius 1 is 1.13 bits per heavy atom. The quantitative estimate of drug-likeness (QED) is 0.541. The molecule has 3 rings (SSSR count). The molecule has 0 spiro atoms. The van der Waals surface area contributed by atoms with Gasteiger partial charge in [0.25, 0.3) is 11.5 Å². The van der Waals surface area contributed by atoms with Crippen LogP contribution in [0.1, 0.15) is 39.7 Å². The largest absolute Gasteiger partial charge is 0.480 e. The van der Waals surface area contributed by atoms with E-state index in [1.54, 1.807) is 12.3 Å². The lowest BCUT2D eigenvalue weighted by Crippen LogP contribution is -2.28. The predicted octanol–water partition coefficient (Wildman–Crippen LogP) is 3.13. The molecule has 1 amide bonds. The van der Waals surface area contributed by atoms with Gasteiger partial charge in [0.05, 0.1) is 25.2 Å². The second kappa shape index (κ2) is 9.42. The molecule has 2 aromatic heterocycles. The van der Waals surface area contributed by atoms with Gasteiger partial charge in [-0.2, -0.15) is 0 Å². The van der Waals surface area contributed by atoms with Crippen molar-refractivity contribution in [3.05, 3.63) is 68.9 Å². The van der Waals surface area contributed by atoms with Crippen molar-refractivity contribution in [2.45, 2.75) is 34.2 Å². The van der Waals surface area contributed by atoms with Crippen LogP contribution in [0.4, 0.5) is 5.69 Å². The zero-order valence-electron chi connectivity index (χ0n) is 18.4. The summed E-state index contributed by atoms with van der Waals surface area (Å²) in [6, 6.07) is 5.62. The van der Waals surface area contributed by atoms with Gasteiger partial charge in [-0.1, -0.05) is 0 Å². The summed E-state index contributed by atoms with van der Waals surface area (Å²) in [6.07, 6.45) is 3.14. The van der Waals surface area contributed by atoms with Crippen LogP contribution in [0.15, 0.2) is 35.4 Å². The van der Waals surface area contributed by atoms with Gasteiger partial charge in [0.1, 0.15) is 0 Å². The fourth-order valence-corrected chi connectivity index (χ4v) is 3.41. The molecule has 8 heteroatoms. The lowest BCUT2D eigenvalue weighted by molar-refractivity contribution is 0.0950. The molecular weight excluding hydrogens is 394 g/mol. The van der Waals surface area contributed by atoms with Gasteiger partial charge in [-0.3, -0.25) is 9.59 Å². The molecule has 0 aliphatic heterocycles. The number of H-pyrrole nitrogens is 1. The van der Waals surface area contributed by atoms with E-state index in [1.165, 1.54) is 13.3 Å². The number of benzene rings is 1. The normalized spacial score (nSPS) is 10.6. The number of anilines is 1. The monoisotopic (exact) mass is 421 g/mol. The molecule has 0 aliphatic carbocycles. The van der Waals surface area contributed by atoms with Gasteiger partial charge in [-0.25, -0.2) is 9.97 Å². The smallest absolute Gasteiger partial charge is 0.253 e. The Labute approximate surface area is 181 Å². The van der Waals surface area contributed by atoms with E-state index >= 15 is 0 Å². The Kier molecular flexibility index (Phi) is 6.69. The zero-order valence-corrected chi connectivity index (χ0v) is 18.4. The number of rotatable bonds is 7. The van der Waals surface area contributed by atoms with Gasteiger partial charge >= 0.3 is 0 Å². The van der Waals surface area contributed by atoms with Gasteiger partial charge in [0.15, 0.2) is 0 Å². The molecule has 3 N–H and O–H groups in total. The van der Waals surface area contributed by atoms with Crippen molar-refractivity contribution in [3.8, 4) is 17.1 Å². The second-order valence-corrected chi connectivity index (χ2v) is 7.30. The molecule has 8 nitrogen and oxygen atoms in total. The summed E-state index contributed by atoms with van der Waals surface area (Å²) in [5.41, 5.74) is 5.53. The Morgan fingerprint density at radius 3 is 2.52 bits per heavy atom. The van der Waals surface area contributed by atoms with Crippen LogP contribution in [0.5, 0.6) is 5.88 Å². The highest BCUT2D eigenvalue weighted by Crippen LogP contribution is 2.28. The van der Waals surface area contributed by atoms with Crippen LogP contribution in [-0.4, -0.2) is 34.5 Å². The topological polar surface area (TPSA) is 109 Å². The van der Waals surface area contributed by atoms with E-state index in [2.05, 4.69) is 25.6 Å². The first-order valence-corrected chi connectivity index (χ1v) is 10.1. The summed E-state index contributed by atoms with van der Waals surface area (Å²) >= 11 is 0. The minimum Gasteiger partial charge on any atom is -0.480 e. The standard InChI is InChI=1S/C23H27N5O3/c1-6-24-19-9-16(20-11-26-21(31-5)12-25-20)8-17(15(19)4)22(29)27-10-18-13(2)7-14(3)28-23(18)30/h7-9,11-12,24H,6,10H2,1-5H3,(H,27,29)(H,28,30). The predicted molar refractivity (Wildman–Crippen MR) is 121 cm³/mol. The molecule has 0 fully saturated rings. The number of ether oxygens (including phenoxy) is 1. The number of aromatic nitrogens is 3. The summed E-state index contributed by atoms with van der Waals surface area (Å²) in [5.74, 6) is 0.152. The second-order valence-electron chi connectivity index (χ2n) is 7.30. The van der Waals surface area contributed by atoms with E-state index in [-0.39, 0.29) is 18.0 Å². The minimum absolute atomic E-state index is 0.142. The molecule has 31 heavy (non-hydrogen) atoms. The number of methoxy groups -OCH3 is 1. The molecular formula is C23H27N5O3. The van der Waals surface area contributed by atoms with Gasteiger partial charge in [0.2, 0.25) is 5.88 Å². The molecule has 0 radical (unpaired) electrons. The molecule has 162 valence electrons. The van der Waals surface area contributed by atoms with Crippen molar-refractivity contribution < 1.29 is 9.53 Å². The fourth-order valence-electron chi connectivity index (χ4n) is 3.41. The first-order valence-electron chi connectivity index (χ1n) is 10.1. The molecule has 0 unspecified atom stereocenters. The van der Waals surface area contributed by atoms with Crippen LogP contribution in [0.2, 0.25) is 0 Å². The maximum absolute atomic E-state index is 13.1. The van der Waals surface area contributed by atoms with E-state index in [9.17, 15) is 9.59 Å². The number of aromatic amines is 1. The Morgan fingerprint density at radius 2 is 1.90 bits per heavy atom.